The molecule has 0 aromatic carbocycles. The van der Waals surface area contributed by atoms with Gasteiger partial charge in [-0.15, -0.1) is 0 Å². The summed E-state index contributed by atoms with van der Waals surface area (Å²) in [5, 5.41) is 24.4. The summed E-state index contributed by atoms with van der Waals surface area (Å²) in [5.41, 5.74) is -6.06. The number of esters is 5. The molecular formula is C30H42O13. The first-order valence-electron chi connectivity index (χ1n) is 14.4. The van der Waals surface area contributed by atoms with E-state index in [1.54, 1.807) is 13.8 Å². The Morgan fingerprint density at radius 3 is 1.84 bits per heavy atom. The lowest BCUT2D eigenvalue weighted by molar-refractivity contribution is -0.353. The molecule has 3 fully saturated rings. The third-order valence-corrected chi connectivity index (χ3v) is 9.88. The molecular weight excluding hydrogens is 568 g/mol. The second-order valence-corrected chi connectivity index (χ2v) is 13.0. The molecule has 0 radical (unpaired) electrons. The van der Waals surface area contributed by atoms with Crippen molar-refractivity contribution in [3.63, 3.8) is 0 Å². The predicted octanol–water partition coefficient (Wildman–Crippen LogP) is 1.29. The first kappa shape index (κ1) is 32.9. The molecule has 240 valence electrons. The molecule has 1 saturated heterocycles. The molecule has 3 aliphatic carbocycles. The molecule has 10 atom stereocenters. The molecule has 2 saturated carbocycles. The Balaban J connectivity index is 2.18. The van der Waals surface area contributed by atoms with Crippen molar-refractivity contribution in [2.45, 2.75) is 123 Å². The molecule has 0 bridgehead atoms. The van der Waals surface area contributed by atoms with Crippen molar-refractivity contribution in [1.82, 2.24) is 0 Å². The maximum Gasteiger partial charge on any atom is 0.303 e. The second kappa shape index (κ2) is 10.8. The summed E-state index contributed by atoms with van der Waals surface area (Å²) in [6.07, 6.45) is -7.58. The van der Waals surface area contributed by atoms with E-state index in [4.69, 9.17) is 28.4 Å². The lowest BCUT2D eigenvalue weighted by Gasteiger charge is -2.65. The van der Waals surface area contributed by atoms with E-state index in [9.17, 15) is 34.2 Å². The van der Waals surface area contributed by atoms with Gasteiger partial charge in [0.15, 0.2) is 5.60 Å². The highest BCUT2D eigenvalue weighted by atomic mass is 16.6. The van der Waals surface area contributed by atoms with Crippen molar-refractivity contribution in [2.75, 3.05) is 6.61 Å². The molecule has 0 spiro atoms. The first-order valence-corrected chi connectivity index (χ1v) is 14.4. The average Bonchev–Trinajstić information content (AvgIpc) is 3.10. The van der Waals surface area contributed by atoms with Crippen molar-refractivity contribution in [3.05, 3.63) is 11.1 Å². The monoisotopic (exact) mass is 610 g/mol. The molecule has 43 heavy (non-hydrogen) atoms. The van der Waals surface area contributed by atoms with Crippen molar-refractivity contribution in [1.29, 1.82) is 0 Å². The van der Waals surface area contributed by atoms with E-state index in [0.717, 1.165) is 6.92 Å². The fourth-order valence-corrected chi connectivity index (χ4v) is 8.44. The molecule has 0 aromatic rings. The number of hydrogen-bond donors (Lipinski definition) is 2. The summed E-state index contributed by atoms with van der Waals surface area (Å²) < 4.78 is 35.4. The Labute approximate surface area is 250 Å². The van der Waals surface area contributed by atoms with Crippen molar-refractivity contribution in [2.24, 2.45) is 16.7 Å². The van der Waals surface area contributed by atoms with Crippen LogP contribution in [0.4, 0.5) is 0 Å². The summed E-state index contributed by atoms with van der Waals surface area (Å²) in [6.45, 7) is 12.0. The Morgan fingerprint density at radius 2 is 1.40 bits per heavy atom. The molecule has 1 heterocycles. The number of aliphatic hydroxyl groups is 2. The highest BCUT2D eigenvalue weighted by Gasteiger charge is 2.80. The minimum absolute atomic E-state index is 0.000750. The third-order valence-electron chi connectivity index (χ3n) is 9.88. The molecule has 13 nitrogen and oxygen atoms in total. The zero-order valence-electron chi connectivity index (χ0n) is 26.0. The number of ether oxygens (including phenoxy) is 6. The number of carbonyl (C=O) groups excluding carboxylic acids is 5. The lowest BCUT2D eigenvalue weighted by Crippen LogP contribution is -2.79. The minimum Gasteiger partial charge on any atom is -0.462 e. The van der Waals surface area contributed by atoms with Gasteiger partial charge in [0.2, 0.25) is 0 Å². The minimum atomic E-state index is -1.79. The largest absolute Gasteiger partial charge is 0.462 e. The third kappa shape index (κ3) is 4.93. The van der Waals surface area contributed by atoms with Gasteiger partial charge in [-0.3, -0.25) is 24.0 Å². The number of fused-ring (bicyclic) bond motifs is 4. The maximum atomic E-state index is 13.0. The molecule has 4 rings (SSSR count). The topological polar surface area (TPSA) is 181 Å². The smallest absolute Gasteiger partial charge is 0.303 e. The van der Waals surface area contributed by atoms with E-state index in [1.807, 2.05) is 0 Å². The molecule has 0 aromatic heterocycles. The fourth-order valence-electron chi connectivity index (χ4n) is 8.44. The van der Waals surface area contributed by atoms with Crippen LogP contribution in [0.1, 0.15) is 75.2 Å². The summed E-state index contributed by atoms with van der Waals surface area (Å²) in [5.74, 6) is -4.68. The maximum absolute atomic E-state index is 13.0. The molecule has 2 N–H and O–H groups in total. The molecule has 4 aliphatic rings. The van der Waals surface area contributed by atoms with Gasteiger partial charge in [-0.05, 0) is 31.9 Å². The van der Waals surface area contributed by atoms with Crippen LogP contribution in [0.3, 0.4) is 0 Å². The second-order valence-electron chi connectivity index (χ2n) is 13.0. The average molecular weight is 611 g/mol. The molecule has 1 aliphatic heterocycles. The Bertz CT molecular complexity index is 1250. The zero-order chi connectivity index (χ0) is 32.4. The number of carbonyl (C=O) groups is 5. The van der Waals surface area contributed by atoms with E-state index >= 15 is 0 Å². The van der Waals surface area contributed by atoms with Gasteiger partial charge >= 0.3 is 29.8 Å². The standard InChI is InChI=1S/C30H42O13/c1-13-19(39-14(2)31)11-29(27(7,8)37)22(13)23(36)25(41-16(4)33)28(9)20(40-15(3)32)10-21-30(12-38-21,43-18(6)35)24(28)26(29)42-17(5)34/h19-21,23-26,36-37H,10-12H2,1-9H3/t19-,20-,21+,23+,24?,25-,26?,28+,29-,30-/m0/s1. The summed E-state index contributed by atoms with van der Waals surface area (Å²) in [6, 6.07) is 0. The Morgan fingerprint density at radius 1 is 0.860 bits per heavy atom. The van der Waals surface area contributed by atoms with Crippen LogP contribution in [-0.2, 0) is 52.4 Å². The van der Waals surface area contributed by atoms with Crippen LogP contribution in [0, 0.1) is 16.7 Å². The molecule has 13 heteroatoms. The van der Waals surface area contributed by atoms with Gasteiger partial charge in [-0.25, -0.2) is 0 Å². The van der Waals surface area contributed by atoms with Crippen LogP contribution in [0.5, 0.6) is 0 Å². The van der Waals surface area contributed by atoms with E-state index in [-0.39, 0.29) is 25.0 Å². The lowest BCUT2D eigenvalue weighted by atomic mass is 9.49. The molecule has 0 amide bonds. The highest BCUT2D eigenvalue weighted by Crippen LogP contribution is 2.68. The van der Waals surface area contributed by atoms with Crippen molar-refractivity contribution in [3.8, 4) is 0 Å². The predicted molar refractivity (Wildman–Crippen MR) is 145 cm³/mol. The van der Waals surface area contributed by atoms with Gasteiger partial charge in [0.25, 0.3) is 0 Å². The Hall–Kier alpha value is -3.03. The van der Waals surface area contributed by atoms with Gasteiger partial charge in [0.1, 0.15) is 36.6 Å². The van der Waals surface area contributed by atoms with E-state index in [0.29, 0.717) is 5.57 Å². The number of aliphatic hydroxyl groups excluding tert-OH is 1. The first-order chi connectivity index (χ1) is 19.7. The number of rotatable bonds is 6. The summed E-state index contributed by atoms with van der Waals surface area (Å²) >= 11 is 0. The summed E-state index contributed by atoms with van der Waals surface area (Å²) in [4.78, 5) is 63.0. The van der Waals surface area contributed by atoms with Gasteiger partial charge in [-0.1, -0.05) is 6.92 Å². The zero-order valence-corrected chi connectivity index (χ0v) is 26.0. The van der Waals surface area contributed by atoms with Crippen LogP contribution < -0.4 is 0 Å². The van der Waals surface area contributed by atoms with Crippen molar-refractivity contribution >= 4 is 29.8 Å². The van der Waals surface area contributed by atoms with Crippen molar-refractivity contribution < 1.29 is 62.6 Å². The van der Waals surface area contributed by atoms with Gasteiger partial charge in [0.05, 0.1) is 29.0 Å². The van der Waals surface area contributed by atoms with E-state index in [2.05, 4.69) is 0 Å². The van der Waals surface area contributed by atoms with Gasteiger partial charge < -0.3 is 38.6 Å². The highest BCUT2D eigenvalue weighted by molar-refractivity contribution is 5.70. The summed E-state index contributed by atoms with van der Waals surface area (Å²) in [7, 11) is 0. The van der Waals surface area contributed by atoms with Crippen LogP contribution in [0.25, 0.3) is 0 Å². The molecule has 2 unspecified atom stereocenters. The van der Waals surface area contributed by atoms with Gasteiger partial charge in [0, 0.05) is 47.5 Å². The van der Waals surface area contributed by atoms with Gasteiger partial charge in [-0.2, -0.15) is 0 Å². The van der Waals surface area contributed by atoms with E-state index in [1.165, 1.54) is 41.5 Å². The van der Waals surface area contributed by atoms with E-state index < -0.39 is 94.4 Å². The fraction of sp³-hybridized carbons (Fsp3) is 0.767. The normalized spacial score (nSPS) is 40.0. The van der Waals surface area contributed by atoms with Crippen LogP contribution in [-0.4, -0.2) is 94.5 Å². The Kier molecular flexibility index (Phi) is 8.29. The van der Waals surface area contributed by atoms with Crippen LogP contribution in [0.15, 0.2) is 11.1 Å². The van der Waals surface area contributed by atoms with Crippen LogP contribution >= 0.6 is 0 Å². The SMILES string of the molecule is CC(=O)OC1C2[C@@](C)([C@@H](OC(C)=O)C[C@H]3OC[C@@]23OC(C)=O)[C@@H](OC(C)=O)[C@H](O)C2=C(C)[C@@H](OC(C)=O)C[C@]21C(C)(C)O. The van der Waals surface area contributed by atoms with Crippen LogP contribution in [0.2, 0.25) is 0 Å². The number of hydrogen-bond acceptors (Lipinski definition) is 13. The quantitative estimate of drug-likeness (QED) is 0.250.